The summed E-state index contributed by atoms with van der Waals surface area (Å²) in [7, 11) is -3.56. The van der Waals surface area contributed by atoms with Crippen molar-refractivity contribution in [2.45, 2.75) is 31.9 Å². The number of nitrogens with one attached hydrogen (secondary N) is 1. The van der Waals surface area contributed by atoms with E-state index in [1.165, 1.54) is 4.31 Å². The summed E-state index contributed by atoms with van der Waals surface area (Å²) in [5.74, 6) is 0. The van der Waals surface area contributed by atoms with Gasteiger partial charge in [0.2, 0.25) is 0 Å². The minimum atomic E-state index is -4.43. The molecule has 124 valence electrons. The van der Waals surface area contributed by atoms with Crippen molar-refractivity contribution in [2.24, 2.45) is 0 Å². The summed E-state index contributed by atoms with van der Waals surface area (Å²) < 4.78 is 65.5. The second kappa shape index (κ2) is 6.93. The van der Waals surface area contributed by atoms with Crippen LogP contribution in [0.4, 0.5) is 13.2 Å². The first kappa shape index (κ1) is 17.2. The Morgan fingerprint density at radius 2 is 1.91 bits per heavy atom. The Balaban J connectivity index is 1.90. The number of hydrogen-bond donors (Lipinski definition) is 1. The highest BCUT2D eigenvalue weighted by Gasteiger charge is 2.30. The molecule has 5 nitrogen and oxygen atoms in total. The number of nitrogens with zero attached hydrogens (tertiary/aromatic N) is 2. The molecule has 0 bridgehead atoms. The summed E-state index contributed by atoms with van der Waals surface area (Å²) in [6.45, 7) is 0.988. The number of alkyl halides is 3. The van der Waals surface area contributed by atoms with E-state index in [-0.39, 0.29) is 18.7 Å². The molecule has 2 heterocycles. The Labute approximate surface area is 127 Å². The van der Waals surface area contributed by atoms with Crippen LogP contribution in [0.3, 0.4) is 0 Å². The first-order chi connectivity index (χ1) is 10.3. The van der Waals surface area contributed by atoms with Crippen molar-refractivity contribution in [3.05, 3.63) is 29.6 Å². The van der Waals surface area contributed by atoms with Gasteiger partial charge in [-0.15, -0.1) is 0 Å². The van der Waals surface area contributed by atoms with E-state index in [0.717, 1.165) is 37.6 Å². The molecule has 1 aromatic rings. The molecule has 1 aliphatic rings. The molecule has 0 unspecified atom stereocenters. The quantitative estimate of drug-likeness (QED) is 0.893. The highest BCUT2D eigenvalue weighted by molar-refractivity contribution is 7.87. The molecule has 22 heavy (non-hydrogen) atoms. The molecule has 0 atom stereocenters. The summed E-state index contributed by atoms with van der Waals surface area (Å²) in [4.78, 5) is 3.84. The molecular formula is C13H18F3N3O2S. The number of pyridine rings is 1. The van der Waals surface area contributed by atoms with E-state index in [1.54, 1.807) is 0 Å². The lowest BCUT2D eigenvalue weighted by Crippen LogP contribution is -2.44. The lowest BCUT2D eigenvalue weighted by Gasteiger charge is -2.25. The van der Waals surface area contributed by atoms with Crippen LogP contribution in [0.5, 0.6) is 0 Å². The summed E-state index contributed by atoms with van der Waals surface area (Å²) in [5, 5.41) is 0. The zero-order chi connectivity index (χ0) is 16.2. The van der Waals surface area contributed by atoms with Crippen LogP contribution in [0.25, 0.3) is 0 Å². The molecule has 9 heteroatoms. The van der Waals surface area contributed by atoms with Crippen LogP contribution in [0.2, 0.25) is 0 Å². The van der Waals surface area contributed by atoms with Crippen molar-refractivity contribution in [2.75, 3.05) is 19.6 Å². The highest BCUT2D eigenvalue weighted by atomic mass is 32.2. The lowest BCUT2D eigenvalue weighted by atomic mass is 10.2. The largest absolute Gasteiger partial charge is 0.416 e. The van der Waals surface area contributed by atoms with Crippen LogP contribution >= 0.6 is 0 Å². The third-order valence-corrected chi connectivity index (χ3v) is 5.08. The zero-order valence-corrected chi connectivity index (χ0v) is 12.8. The van der Waals surface area contributed by atoms with E-state index in [1.807, 2.05) is 0 Å². The standard InChI is InChI=1S/C13H18F3N3O2S/c14-13(15,16)11-4-6-17-12(10-11)5-7-18-22(20,21)19-8-2-1-3-9-19/h4,6,10,18H,1-3,5,7-9H2. The molecule has 2 rings (SSSR count). The number of halogens is 3. The van der Waals surface area contributed by atoms with Crippen LogP contribution in [0, 0.1) is 0 Å². The van der Waals surface area contributed by atoms with Crippen molar-refractivity contribution in [3.63, 3.8) is 0 Å². The van der Waals surface area contributed by atoms with E-state index in [2.05, 4.69) is 9.71 Å². The fourth-order valence-electron chi connectivity index (χ4n) is 2.30. The molecule has 0 aliphatic carbocycles. The molecule has 0 saturated carbocycles. The van der Waals surface area contributed by atoms with Crippen LogP contribution in [0.1, 0.15) is 30.5 Å². The highest BCUT2D eigenvalue weighted by Crippen LogP contribution is 2.29. The molecule has 0 spiro atoms. The third-order valence-electron chi connectivity index (χ3n) is 3.46. The van der Waals surface area contributed by atoms with Gasteiger partial charge in [0.25, 0.3) is 10.2 Å². The topological polar surface area (TPSA) is 62.3 Å². The molecule has 1 saturated heterocycles. The van der Waals surface area contributed by atoms with Gasteiger partial charge in [0.1, 0.15) is 0 Å². The van der Waals surface area contributed by atoms with Gasteiger partial charge < -0.3 is 0 Å². The Morgan fingerprint density at radius 1 is 1.23 bits per heavy atom. The molecule has 0 aromatic carbocycles. The van der Waals surface area contributed by atoms with Gasteiger partial charge in [0, 0.05) is 37.9 Å². The predicted octanol–water partition coefficient (Wildman–Crippen LogP) is 1.96. The number of rotatable bonds is 5. The Hall–Kier alpha value is -1.19. The minimum Gasteiger partial charge on any atom is -0.261 e. The molecule has 1 aliphatic heterocycles. The molecule has 0 amide bonds. The number of aromatic nitrogens is 1. The number of piperidine rings is 1. The van der Waals surface area contributed by atoms with Crippen molar-refractivity contribution >= 4 is 10.2 Å². The first-order valence-corrected chi connectivity index (χ1v) is 8.50. The second-order valence-corrected chi connectivity index (χ2v) is 6.90. The summed E-state index contributed by atoms with van der Waals surface area (Å²) >= 11 is 0. The van der Waals surface area contributed by atoms with Gasteiger partial charge in [-0.25, -0.2) is 4.72 Å². The first-order valence-electron chi connectivity index (χ1n) is 7.06. The van der Waals surface area contributed by atoms with E-state index >= 15 is 0 Å². The smallest absolute Gasteiger partial charge is 0.261 e. The van der Waals surface area contributed by atoms with Crippen LogP contribution < -0.4 is 4.72 Å². The zero-order valence-electron chi connectivity index (χ0n) is 11.9. The molecular weight excluding hydrogens is 319 g/mol. The van der Waals surface area contributed by atoms with Crippen molar-refractivity contribution in [3.8, 4) is 0 Å². The molecule has 0 radical (unpaired) electrons. The normalized spacial score (nSPS) is 17.6. The Kier molecular flexibility index (Phi) is 5.41. The maximum absolute atomic E-state index is 12.6. The van der Waals surface area contributed by atoms with Crippen LogP contribution in [-0.2, 0) is 22.8 Å². The fraction of sp³-hybridized carbons (Fsp3) is 0.615. The second-order valence-electron chi connectivity index (χ2n) is 5.14. The van der Waals surface area contributed by atoms with Gasteiger partial charge in [0.15, 0.2) is 0 Å². The predicted molar refractivity (Wildman–Crippen MR) is 75.3 cm³/mol. The third kappa shape index (κ3) is 4.65. The van der Waals surface area contributed by atoms with E-state index in [9.17, 15) is 21.6 Å². The Morgan fingerprint density at radius 3 is 2.55 bits per heavy atom. The lowest BCUT2D eigenvalue weighted by molar-refractivity contribution is -0.137. The van der Waals surface area contributed by atoms with Gasteiger partial charge in [-0.05, 0) is 25.0 Å². The van der Waals surface area contributed by atoms with Crippen molar-refractivity contribution < 1.29 is 21.6 Å². The van der Waals surface area contributed by atoms with E-state index < -0.39 is 21.9 Å². The van der Waals surface area contributed by atoms with Crippen LogP contribution in [-0.4, -0.2) is 37.3 Å². The average Bonchev–Trinajstić information content (AvgIpc) is 2.47. The minimum absolute atomic E-state index is 0.0210. The van der Waals surface area contributed by atoms with Gasteiger partial charge in [-0.3, -0.25) is 4.98 Å². The maximum Gasteiger partial charge on any atom is 0.416 e. The summed E-state index contributed by atoms with van der Waals surface area (Å²) in [5.41, 5.74) is -0.576. The SMILES string of the molecule is O=S(=O)(NCCc1cc(C(F)(F)F)ccn1)N1CCCCC1. The molecule has 1 fully saturated rings. The Bertz CT molecular complexity index is 599. The van der Waals surface area contributed by atoms with E-state index in [4.69, 9.17) is 0 Å². The summed E-state index contributed by atoms with van der Waals surface area (Å²) in [6.07, 6.45) is -0.564. The van der Waals surface area contributed by atoms with Crippen molar-refractivity contribution in [1.29, 1.82) is 0 Å². The monoisotopic (exact) mass is 337 g/mol. The average molecular weight is 337 g/mol. The van der Waals surface area contributed by atoms with E-state index in [0.29, 0.717) is 13.1 Å². The van der Waals surface area contributed by atoms with Gasteiger partial charge in [0.05, 0.1) is 5.56 Å². The molecule has 1 aromatic heterocycles. The number of hydrogen-bond acceptors (Lipinski definition) is 3. The fourth-order valence-corrected chi connectivity index (χ4v) is 3.58. The van der Waals surface area contributed by atoms with Gasteiger partial charge >= 0.3 is 6.18 Å². The van der Waals surface area contributed by atoms with Crippen molar-refractivity contribution in [1.82, 2.24) is 14.0 Å². The summed E-state index contributed by atoms with van der Waals surface area (Å²) in [6, 6.07) is 1.83. The maximum atomic E-state index is 12.6. The molecule has 1 N–H and O–H groups in total. The van der Waals surface area contributed by atoms with Gasteiger partial charge in [-0.2, -0.15) is 25.9 Å². The van der Waals surface area contributed by atoms with Crippen LogP contribution in [0.15, 0.2) is 18.3 Å². The van der Waals surface area contributed by atoms with Gasteiger partial charge in [-0.1, -0.05) is 6.42 Å².